The highest BCUT2D eigenvalue weighted by molar-refractivity contribution is 8.00. The smallest absolute Gasteiger partial charge is 0.324 e. The molecule has 0 saturated carbocycles. The van der Waals surface area contributed by atoms with E-state index in [-0.39, 0.29) is 10.7 Å². The van der Waals surface area contributed by atoms with Gasteiger partial charge in [0.1, 0.15) is 5.25 Å². The van der Waals surface area contributed by atoms with E-state index in [4.69, 9.17) is 11.6 Å². The van der Waals surface area contributed by atoms with E-state index in [9.17, 15) is 18.0 Å². The molecule has 0 unspecified atom stereocenters. The predicted octanol–water partition coefficient (Wildman–Crippen LogP) is 7.69. The summed E-state index contributed by atoms with van der Waals surface area (Å²) < 4.78 is 40.6. The van der Waals surface area contributed by atoms with Gasteiger partial charge in [0.25, 0.3) is 0 Å². The topological polar surface area (TPSA) is 42.0 Å². The van der Waals surface area contributed by atoms with E-state index >= 15 is 0 Å². The zero-order chi connectivity index (χ0) is 23.6. The normalized spacial score (nSPS) is 12.5. The van der Waals surface area contributed by atoms with Crippen molar-refractivity contribution in [3.05, 3.63) is 101 Å². The number of alkyl halides is 3. The van der Waals surface area contributed by atoms with Crippen molar-refractivity contribution in [1.29, 1.82) is 0 Å². The SMILES string of the molecule is Cc1cc(S[C@H](C(=O)Nc2ccc(Cl)cc2C(F)(F)F)c2ccccc2)nc2ccccc12. The van der Waals surface area contributed by atoms with Gasteiger partial charge in [0.05, 0.1) is 21.8 Å². The molecule has 3 aromatic carbocycles. The minimum absolute atomic E-state index is 0.0647. The predicted molar refractivity (Wildman–Crippen MR) is 127 cm³/mol. The first-order valence-electron chi connectivity index (χ1n) is 9.98. The molecule has 4 rings (SSSR count). The first-order valence-corrected chi connectivity index (χ1v) is 11.2. The molecule has 0 aliphatic heterocycles. The molecule has 4 aromatic rings. The van der Waals surface area contributed by atoms with Crippen molar-refractivity contribution in [2.45, 2.75) is 23.4 Å². The summed E-state index contributed by atoms with van der Waals surface area (Å²) in [5.74, 6) is -0.591. The fraction of sp³-hybridized carbons (Fsp3) is 0.120. The van der Waals surface area contributed by atoms with Crippen molar-refractivity contribution < 1.29 is 18.0 Å². The number of halogens is 4. The van der Waals surface area contributed by atoms with Gasteiger partial charge in [-0.05, 0) is 48.4 Å². The van der Waals surface area contributed by atoms with E-state index in [0.29, 0.717) is 10.6 Å². The molecule has 1 heterocycles. The number of para-hydroxylation sites is 1. The van der Waals surface area contributed by atoms with Crippen molar-refractivity contribution in [3.63, 3.8) is 0 Å². The second-order valence-electron chi connectivity index (χ2n) is 7.38. The van der Waals surface area contributed by atoms with Gasteiger partial charge in [-0.25, -0.2) is 4.98 Å². The van der Waals surface area contributed by atoms with Crippen LogP contribution in [0.25, 0.3) is 10.9 Å². The van der Waals surface area contributed by atoms with Crippen LogP contribution in [0.2, 0.25) is 5.02 Å². The summed E-state index contributed by atoms with van der Waals surface area (Å²) in [6.07, 6.45) is -4.67. The van der Waals surface area contributed by atoms with Gasteiger partial charge in [-0.2, -0.15) is 13.2 Å². The number of benzene rings is 3. The van der Waals surface area contributed by atoms with Crippen LogP contribution >= 0.6 is 23.4 Å². The molecule has 1 amide bonds. The fourth-order valence-corrected chi connectivity index (χ4v) is 4.73. The van der Waals surface area contributed by atoms with Crippen LogP contribution < -0.4 is 5.32 Å². The van der Waals surface area contributed by atoms with Gasteiger partial charge in [0.2, 0.25) is 5.91 Å². The maximum Gasteiger partial charge on any atom is 0.418 e. The Hall–Kier alpha value is -3.03. The van der Waals surface area contributed by atoms with Crippen LogP contribution in [-0.2, 0) is 11.0 Å². The molecule has 0 radical (unpaired) electrons. The van der Waals surface area contributed by atoms with Gasteiger partial charge in [0, 0.05) is 10.4 Å². The number of amides is 1. The summed E-state index contributed by atoms with van der Waals surface area (Å²) >= 11 is 6.95. The zero-order valence-electron chi connectivity index (χ0n) is 17.4. The van der Waals surface area contributed by atoms with Gasteiger partial charge < -0.3 is 5.32 Å². The van der Waals surface area contributed by atoms with Gasteiger partial charge in [0.15, 0.2) is 0 Å². The molecule has 1 atom stereocenters. The lowest BCUT2D eigenvalue weighted by atomic mass is 10.1. The lowest BCUT2D eigenvalue weighted by Crippen LogP contribution is -2.21. The van der Waals surface area contributed by atoms with Crippen molar-refractivity contribution >= 4 is 45.9 Å². The number of pyridine rings is 1. The Morgan fingerprint density at radius 1 is 1.00 bits per heavy atom. The van der Waals surface area contributed by atoms with Crippen LogP contribution in [0.5, 0.6) is 0 Å². The fourth-order valence-electron chi connectivity index (χ4n) is 3.46. The quantitative estimate of drug-likeness (QED) is 0.294. The third kappa shape index (κ3) is 5.31. The van der Waals surface area contributed by atoms with Crippen molar-refractivity contribution in [3.8, 4) is 0 Å². The van der Waals surface area contributed by atoms with E-state index in [0.717, 1.165) is 28.6 Å². The summed E-state index contributed by atoms with van der Waals surface area (Å²) in [5.41, 5.74) is 1.08. The number of aryl methyl sites for hydroxylation is 1. The summed E-state index contributed by atoms with van der Waals surface area (Å²) in [7, 11) is 0. The Kier molecular flexibility index (Phi) is 6.63. The second kappa shape index (κ2) is 9.45. The summed E-state index contributed by atoms with van der Waals surface area (Å²) in [4.78, 5) is 17.9. The Labute approximate surface area is 198 Å². The highest BCUT2D eigenvalue weighted by Gasteiger charge is 2.35. The van der Waals surface area contributed by atoms with Crippen LogP contribution in [0.3, 0.4) is 0 Å². The van der Waals surface area contributed by atoms with Gasteiger partial charge in [-0.15, -0.1) is 0 Å². The van der Waals surface area contributed by atoms with Crippen molar-refractivity contribution in [1.82, 2.24) is 4.98 Å². The first kappa shape index (κ1) is 23.1. The van der Waals surface area contributed by atoms with Gasteiger partial charge in [-0.3, -0.25) is 4.79 Å². The number of hydrogen-bond donors (Lipinski definition) is 1. The Balaban J connectivity index is 1.70. The molecule has 0 aliphatic carbocycles. The highest BCUT2D eigenvalue weighted by Crippen LogP contribution is 2.40. The molecule has 1 aromatic heterocycles. The van der Waals surface area contributed by atoms with E-state index in [1.165, 1.54) is 17.8 Å². The third-order valence-electron chi connectivity index (χ3n) is 5.02. The Morgan fingerprint density at radius 2 is 1.70 bits per heavy atom. The molecule has 0 spiro atoms. The number of hydrogen-bond acceptors (Lipinski definition) is 3. The van der Waals surface area contributed by atoms with Crippen molar-refractivity contribution in [2.75, 3.05) is 5.32 Å². The number of fused-ring (bicyclic) bond motifs is 1. The Morgan fingerprint density at radius 3 is 2.42 bits per heavy atom. The average molecular weight is 487 g/mol. The minimum Gasteiger partial charge on any atom is -0.324 e. The maximum absolute atomic E-state index is 13.5. The van der Waals surface area contributed by atoms with Crippen LogP contribution in [0.1, 0.15) is 21.9 Å². The van der Waals surface area contributed by atoms with Crippen LogP contribution in [0.4, 0.5) is 18.9 Å². The van der Waals surface area contributed by atoms with E-state index in [2.05, 4.69) is 10.3 Å². The monoisotopic (exact) mass is 486 g/mol. The number of aromatic nitrogens is 1. The summed E-state index contributed by atoms with van der Waals surface area (Å²) in [6, 6.07) is 21.7. The number of thioether (sulfide) groups is 1. The van der Waals surface area contributed by atoms with E-state index in [1.54, 1.807) is 24.3 Å². The summed E-state index contributed by atoms with van der Waals surface area (Å²) in [5, 5.41) is 3.16. The van der Waals surface area contributed by atoms with E-state index < -0.39 is 22.9 Å². The van der Waals surface area contributed by atoms with Crippen LogP contribution in [0.15, 0.2) is 83.9 Å². The second-order valence-corrected chi connectivity index (χ2v) is 8.94. The lowest BCUT2D eigenvalue weighted by Gasteiger charge is -2.19. The molecule has 33 heavy (non-hydrogen) atoms. The third-order valence-corrected chi connectivity index (χ3v) is 6.43. The van der Waals surface area contributed by atoms with Gasteiger partial charge in [-0.1, -0.05) is 71.9 Å². The standard InChI is InChI=1S/C25H18ClF3N2OS/c1-15-13-22(30-20-10-6-5-9-18(15)20)33-23(16-7-3-2-4-8-16)24(32)31-21-12-11-17(26)14-19(21)25(27,28)29/h2-14,23H,1H3,(H,31,32)/t23-/m0/s1. The zero-order valence-corrected chi connectivity index (χ0v) is 18.9. The van der Waals surface area contributed by atoms with Gasteiger partial charge >= 0.3 is 6.18 Å². The number of nitrogens with one attached hydrogen (secondary N) is 1. The number of rotatable bonds is 5. The molecule has 8 heteroatoms. The molecular formula is C25H18ClF3N2OS. The number of carbonyl (C=O) groups is 1. The highest BCUT2D eigenvalue weighted by atomic mass is 35.5. The van der Waals surface area contributed by atoms with Crippen LogP contribution in [0, 0.1) is 6.92 Å². The maximum atomic E-state index is 13.5. The molecule has 1 N–H and O–H groups in total. The first-order chi connectivity index (χ1) is 15.7. The Bertz CT molecular complexity index is 1310. The molecule has 0 saturated heterocycles. The van der Waals surface area contributed by atoms with E-state index in [1.807, 2.05) is 43.3 Å². The largest absolute Gasteiger partial charge is 0.418 e. The molecule has 3 nitrogen and oxygen atoms in total. The molecule has 0 aliphatic rings. The molecule has 168 valence electrons. The lowest BCUT2D eigenvalue weighted by molar-refractivity contribution is -0.137. The molecular weight excluding hydrogens is 469 g/mol. The average Bonchev–Trinajstić information content (AvgIpc) is 2.78. The van der Waals surface area contributed by atoms with Crippen LogP contribution in [-0.4, -0.2) is 10.9 Å². The molecule has 0 bridgehead atoms. The molecule has 0 fully saturated rings. The summed E-state index contributed by atoms with van der Waals surface area (Å²) in [6.45, 7) is 1.95. The number of carbonyl (C=O) groups excluding carboxylic acids is 1. The van der Waals surface area contributed by atoms with Crippen molar-refractivity contribution in [2.24, 2.45) is 0 Å². The minimum atomic E-state index is -4.67. The number of nitrogens with zero attached hydrogens (tertiary/aromatic N) is 1. The number of anilines is 1.